The second kappa shape index (κ2) is 8.28. The highest BCUT2D eigenvalue weighted by atomic mass is 32.1. The minimum absolute atomic E-state index is 0.243. The standard InChI is InChI=1S/C13H22N2OS/c1-3-4-5-6-7-8-12(15-14)13-9-11(16-2)10-17-13/h3,9-10,12,15H,1,4-8,14H2,2H3. The van der Waals surface area contributed by atoms with E-state index in [0.717, 1.165) is 18.6 Å². The van der Waals surface area contributed by atoms with Crippen LogP contribution in [0.3, 0.4) is 0 Å². The van der Waals surface area contributed by atoms with Gasteiger partial charge < -0.3 is 4.74 Å². The molecule has 0 saturated carbocycles. The molecule has 1 heterocycles. The van der Waals surface area contributed by atoms with Crippen molar-refractivity contribution in [3.05, 3.63) is 29.0 Å². The molecule has 4 heteroatoms. The maximum atomic E-state index is 5.60. The van der Waals surface area contributed by atoms with Crippen LogP contribution in [0.5, 0.6) is 5.75 Å². The summed E-state index contributed by atoms with van der Waals surface area (Å²) in [6.45, 7) is 3.72. The van der Waals surface area contributed by atoms with Crippen LogP contribution < -0.4 is 16.0 Å². The molecule has 1 atom stereocenters. The Morgan fingerprint density at radius 2 is 2.35 bits per heavy atom. The van der Waals surface area contributed by atoms with Crippen molar-refractivity contribution in [2.45, 2.75) is 38.1 Å². The number of nitrogens with two attached hydrogens (primary N) is 1. The van der Waals surface area contributed by atoms with Gasteiger partial charge in [0, 0.05) is 10.3 Å². The highest BCUT2D eigenvalue weighted by molar-refractivity contribution is 7.10. The largest absolute Gasteiger partial charge is 0.496 e. The average Bonchev–Trinajstić information content (AvgIpc) is 2.82. The molecule has 1 rings (SSSR count). The summed E-state index contributed by atoms with van der Waals surface area (Å²) in [4.78, 5) is 1.24. The number of hydrogen-bond acceptors (Lipinski definition) is 4. The second-order valence-electron chi connectivity index (χ2n) is 4.03. The van der Waals surface area contributed by atoms with Crippen LogP contribution in [0.15, 0.2) is 24.1 Å². The molecule has 1 aromatic heterocycles. The van der Waals surface area contributed by atoms with E-state index in [0.29, 0.717) is 0 Å². The van der Waals surface area contributed by atoms with E-state index in [2.05, 4.69) is 18.1 Å². The van der Waals surface area contributed by atoms with Gasteiger partial charge in [-0.1, -0.05) is 18.9 Å². The SMILES string of the molecule is C=CCCCCCC(NN)c1cc(OC)cs1. The Hall–Kier alpha value is -0.840. The number of thiophene rings is 1. The zero-order valence-electron chi connectivity index (χ0n) is 10.4. The first-order valence-electron chi connectivity index (χ1n) is 6.01. The van der Waals surface area contributed by atoms with Crippen molar-refractivity contribution in [2.75, 3.05) is 7.11 Å². The molecule has 0 aliphatic heterocycles. The number of methoxy groups -OCH3 is 1. The normalized spacial score (nSPS) is 12.4. The summed E-state index contributed by atoms with van der Waals surface area (Å²) in [5.41, 5.74) is 2.88. The van der Waals surface area contributed by atoms with Gasteiger partial charge in [0.05, 0.1) is 13.2 Å². The van der Waals surface area contributed by atoms with E-state index in [1.165, 1.54) is 24.1 Å². The Kier molecular flexibility index (Phi) is 6.93. The van der Waals surface area contributed by atoms with Crippen LogP contribution in [0.2, 0.25) is 0 Å². The molecular formula is C13H22N2OS. The van der Waals surface area contributed by atoms with E-state index in [9.17, 15) is 0 Å². The third-order valence-corrected chi connectivity index (χ3v) is 3.80. The topological polar surface area (TPSA) is 47.3 Å². The van der Waals surface area contributed by atoms with Crippen molar-refractivity contribution in [3.8, 4) is 5.75 Å². The molecule has 0 bridgehead atoms. The highest BCUT2D eigenvalue weighted by Gasteiger charge is 2.12. The quantitative estimate of drug-likeness (QED) is 0.307. The van der Waals surface area contributed by atoms with Crippen molar-refractivity contribution in [3.63, 3.8) is 0 Å². The Morgan fingerprint density at radius 3 is 2.94 bits per heavy atom. The van der Waals surface area contributed by atoms with Crippen LogP contribution in [0.4, 0.5) is 0 Å². The van der Waals surface area contributed by atoms with Crippen molar-refractivity contribution in [1.29, 1.82) is 0 Å². The third kappa shape index (κ3) is 4.89. The fourth-order valence-corrected chi connectivity index (χ4v) is 2.70. The molecule has 0 saturated heterocycles. The minimum Gasteiger partial charge on any atom is -0.496 e. The predicted octanol–water partition coefficient (Wildman–Crippen LogP) is 3.40. The lowest BCUT2D eigenvalue weighted by molar-refractivity contribution is 0.415. The van der Waals surface area contributed by atoms with Gasteiger partial charge >= 0.3 is 0 Å². The molecule has 0 radical (unpaired) electrons. The zero-order chi connectivity index (χ0) is 12.5. The van der Waals surface area contributed by atoms with Gasteiger partial charge in [-0.3, -0.25) is 11.3 Å². The fourth-order valence-electron chi connectivity index (χ4n) is 1.75. The summed E-state index contributed by atoms with van der Waals surface area (Å²) in [6.07, 6.45) is 7.78. The second-order valence-corrected chi connectivity index (χ2v) is 4.98. The molecule has 0 fully saturated rings. The van der Waals surface area contributed by atoms with E-state index < -0.39 is 0 Å². The summed E-state index contributed by atoms with van der Waals surface area (Å²) < 4.78 is 5.18. The average molecular weight is 254 g/mol. The van der Waals surface area contributed by atoms with E-state index in [4.69, 9.17) is 10.6 Å². The van der Waals surface area contributed by atoms with Crippen molar-refractivity contribution < 1.29 is 4.74 Å². The maximum Gasteiger partial charge on any atom is 0.129 e. The summed E-state index contributed by atoms with van der Waals surface area (Å²) in [6, 6.07) is 2.30. The first-order valence-corrected chi connectivity index (χ1v) is 6.89. The van der Waals surface area contributed by atoms with Gasteiger partial charge in [-0.2, -0.15) is 0 Å². The Bertz CT molecular complexity index is 325. The molecule has 0 aliphatic carbocycles. The number of hydrogen-bond donors (Lipinski definition) is 2. The number of unbranched alkanes of at least 4 members (excludes halogenated alkanes) is 3. The van der Waals surface area contributed by atoms with Gasteiger partial charge in [-0.25, -0.2) is 0 Å². The lowest BCUT2D eigenvalue weighted by atomic mass is 10.1. The van der Waals surface area contributed by atoms with Crippen LogP contribution in [-0.4, -0.2) is 7.11 Å². The van der Waals surface area contributed by atoms with Crippen molar-refractivity contribution in [2.24, 2.45) is 5.84 Å². The summed E-state index contributed by atoms with van der Waals surface area (Å²) in [5, 5.41) is 2.01. The predicted molar refractivity (Wildman–Crippen MR) is 74.2 cm³/mol. The summed E-state index contributed by atoms with van der Waals surface area (Å²) >= 11 is 1.69. The van der Waals surface area contributed by atoms with E-state index >= 15 is 0 Å². The lowest BCUT2D eigenvalue weighted by Gasteiger charge is -2.13. The summed E-state index contributed by atoms with van der Waals surface area (Å²) in [7, 11) is 1.69. The van der Waals surface area contributed by atoms with Gasteiger partial charge in [-0.05, 0) is 25.3 Å². The Labute approximate surface area is 108 Å². The van der Waals surface area contributed by atoms with Gasteiger partial charge in [0.25, 0.3) is 0 Å². The van der Waals surface area contributed by atoms with E-state index in [1.54, 1.807) is 18.4 Å². The van der Waals surface area contributed by atoms with Crippen molar-refractivity contribution in [1.82, 2.24) is 5.43 Å². The van der Waals surface area contributed by atoms with Crippen LogP contribution >= 0.6 is 11.3 Å². The molecule has 17 heavy (non-hydrogen) atoms. The Morgan fingerprint density at radius 1 is 1.53 bits per heavy atom. The molecule has 3 nitrogen and oxygen atoms in total. The number of allylic oxidation sites excluding steroid dienone is 1. The molecular weight excluding hydrogens is 232 g/mol. The molecule has 3 N–H and O–H groups in total. The van der Waals surface area contributed by atoms with Crippen LogP contribution in [0.25, 0.3) is 0 Å². The van der Waals surface area contributed by atoms with E-state index in [-0.39, 0.29) is 6.04 Å². The molecule has 1 unspecified atom stereocenters. The monoisotopic (exact) mass is 254 g/mol. The number of rotatable bonds is 9. The van der Waals surface area contributed by atoms with Crippen LogP contribution in [0, 0.1) is 0 Å². The number of hydrazine groups is 1. The molecule has 0 aromatic carbocycles. The Balaban J connectivity index is 2.34. The zero-order valence-corrected chi connectivity index (χ0v) is 11.3. The lowest BCUT2D eigenvalue weighted by Crippen LogP contribution is -2.27. The van der Waals surface area contributed by atoms with E-state index in [1.807, 2.05) is 11.5 Å². The third-order valence-electron chi connectivity index (χ3n) is 2.78. The number of ether oxygens (including phenoxy) is 1. The molecule has 0 spiro atoms. The van der Waals surface area contributed by atoms with Gasteiger partial charge in [0.15, 0.2) is 0 Å². The van der Waals surface area contributed by atoms with Gasteiger partial charge in [-0.15, -0.1) is 17.9 Å². The molecule has 1 aromatic rings. The molecule has 0 amide bonds. The highest BCUT2D eigenvalue weighted by Crippen LogP contribution is 2.29. The summed E-state index contributed by atoms with van der Waals surface area (Å²) in [5.74, 6) is 6.51. The van der Waals surface area contributed by atoms with Gasteiger partial charge in [0.2, 0.25) is 0 Å². The van der Waals surface area contributed by atoms with Crippen LogP contribution in [-0.2, 0) is 0 Å². The first kappa shape index (κ1) is 14.2. The van der Waals surface area contributed by atoms with Gasteiger partial charge in [0.1, 0.15) is 5.75 Å². The maximum absolute atomic E-state index is 5.60. The van der Waals surface area contributed by atoms with Crippen LogP contribution in [0.1, 0.15) is 43.0 Å². The number of nitrogens with one attached hydrogen (secondary N) is 1. The molecule has 96 valence electrons. The van der Waals surface area contributed by atoms with Crippen molar-refractivity contribution >= 4 is 11.3 Å². The minimum atomic E-state index is 0.243. The first-order chi connectivity index (χ1) is 8.31. The molecule has 0 aliphatic rings. The smallest absolute Gasteiger partial charge is 0.129 e. The fraction of sp³-hybridized carbons (Fsp3) is 0.538.